The number of phenols is 1. The van der Waals surface area contributed by atoms with Crippen LogP contribution in [0.25, 0.3) is 0 Å². The monoisotopic (exact) mass is 458 g/mol. The third-order valence-corrected chi connectivity index (χ3v) is 6.06. The fourth-order valence-electron chi connectivity index (χ4n) is 4.07. The Kier molecular flexibility index (Phi) is 5.86. The van der Waals surface area contributed by atoms with Crippen molar-refractivity contribution in [1.82, 2.24) is 0 Å². The summed E-state index contributed by atoms with van der Waals surface area (Å²) in [6.45, 7) is 7.90. The first kappa shape index (κ1) is 23.4. The Morgan fingerprint density at radius 1 is 0.971 bits per heavy atom. The Morgan fingerprint density at radius 2 is 1.71 bits per heavy atom. The molecule has 0 spiro atoms. The summed E-state index contributed by atoms with van der Waals surface area (Å²) in [6.07, 6.45) is 0. The van der Waals surface area contributed by atoms with Crippen LogP contribution in [0.3, 0.4) is 0 Å². The molecule has 1 aliphatic heterocycles. The average Bonchev–Trinajstić information content (AvgIpc) is 2.77. The lowest BCUT2D eigenvalue weighted by Gasteiger charge is -2.29. The van der Waals surface area contributed by atoms with Gasteiger partial charge in [0.1, 0.15) is 17.2 Å². The molecule has 4 rings (SSSR count). The van der Waals surface area contributed by atoms with Crippen LogP contribution in [0.2, 0.25) is 0 Å². The minimum atomic E-state index is -0.262. The van der Waals surface area contributed by atoms with Crippen LogP contribution in [0.5, 0.6) is 17.2 Å². The zero-order chi connectivity index (χ0) is 24.8. The van der Waals surface area contributed by atoms with Crippen molar-refractivity contribution in [2.24, 2.45) is 0 Å². The van der Waals surface area contributed by atoms with E-state index in [1.165, 1.54) is 4.90 Å². The fourth-order valence-corrected chi connectivity index (χ4v) is 4.07. The van der Waals surface area contributed by atoms with Crippen molar-refractivity contribution >= 4 is 23.1 Å². The van der Waals surface area contributed by atoms with E-state index in [4.69, 9.17) is 4.74 Å². The maximum Gasteiger partial charge on any atom is 0.259 e. The zero-order valence-electron chi connectivity index (χ0n) is 20.5. The van der Waals surface area contributed by atoms with Crippen molar-refractivity contribution < 1.29 is 19.4 Å². The number of fused-ring (bicyclic) bond motifs is 1. The molecule has 0 saturated carbocycles. The van der Waals surface area contributed by atoms with E-state index in [-0.39, 0.29) is 29.4 Å². The Labute approximate surface area is 200 Å². The van der Waals surface area contributed by atoms with E-state index < -0.39 is 0 Å². The number of Topliss-reactive ketones (excluding diaryl/α,β-unsaturated/α-hetero) is 1. The Balaban J connectivity index is 1.68. The van der Waals surface area contributed by atoms with Crippen LogP contribution < -0.4 is 14.5 Å². The van der Waals surface area contributed by atoms with E-state index in [1.807, 2.05) is 71.0 Å². The molecule has 3 aromatic rings. The first-order chi connectivity index (χ1) is 16.0. The van der Waals surface area contributed by atoms with Crippen LogP contribution in [0.4, 0.5) is 11.4 Å². The molecular weight excluding hydrogens is 428 g/mol. The number of aryl methyl sites for hydroxylation is 1. The molecule has 0 atom stereocenters. The summed E-state index contributed by atoms with van der Waals surface area (Å²) in [4.78, 5) is 29.8. The third kappa shape index (κ3) is 4.36. The van der Waals surface area contributed by atoms with Crippen molar-refractivity contribution in [2.75, 3.05) is 30.4 Å². The first-order valence-corrected chi connectivity index (χ1v) is 11.2. The molecule has 0 bridgehead atoms. The topological polar surface area (TPSA) is 70.1 Å². The third-order valence-electron chi connectivity index (χ3n) is 6.06. The number of aromatic hydroxyl groups is 1. The standard InChI is InChI=1S/C28H30N2O4/c1-17-12-26(23(15-24(17)31)28(2,3)4)34-20-10-11-21-22(14-20)25(32)16-30(27(21)33)19-9-7-8-18(13-19)29(5)6/h7-15,31H,16H2,1-6H3. The molecule has 0 unspecified atom stereocenters. The highest BCUT2D eigenvalue weighted by atomic mass is 16.5. The van der Waals surface area contributed by atoms with Crippen LogP contribution in [0, 0.1) is 6.92 Å². The molecule has 0 fully saturated rings. The zero-order valence-corrected chi connectivity index (χ0v) is 20.5. The molecule has 6 heteroatoms. The van der Waals surface area contributed by atoms with Gasteiger partial charge in [-0.2, -0.15) is 0 Å². The number of benzene rings is 3. The number of carbonyl (C=O) groups is 2. The van der Waals surface area contributed by atoms with E-state index in [1.54, 1.807) is 30.3 Å². The van der Waals surface area contributed by atoms with Gasteiger partial charge in [0.05, 0.1) is 12.1 Å². The second-order valence-corrected chi connectivity index (χ2v) is 9.92. The molecule has 0 radical (unpaired) electrons. The molecule has 0 saturated heterocycles. The predicted molar refractivity (Wildman–Crippen MR) is 135 cm³/mol. The molecular formula is C28H30N2O4. The number of phenolic OH excluding ortho intramolecular Hbond substituents is 1. The van der Waals surface area contributed by atoms with Crippen LogP contribution in [0.15, 0.2) is 54.6 Å². The van der Waals surface area contributed by atoms with Gasteiger partial charge in [-0.3, -0.25) is 9.59 Å². The summed E-state index contributed by atoms with van der Waals surface area (Å²) < 4.78 is 6.18. The van der Waals surface area contributed by atoms with Gasteiger partial charge in [0.2, 0.25) is 0 Å². The molecule has 1 amide bonds. The van der Waals surface area contributed by atoms with E-state index >= 15 is 0 Å². The van der Waals surface area contributed by atoms with Gasteiger partial charge < -0.3 is 19.6 Å². The van der Waals surface area contributed by atoms with Gasteiger partial charge in [0.15, 0.2) is 5.78 Å². The van der Waals surface area contributed by atoms with Crippen molar-refractivity contribution in [3.05, 3.63) is 76.9 Å². The summed E-state index contributed by atoms with van der Waals surface area (Å²) in [5.74, 6) is 0.932. The van der Waals surface area contributed by atoms with Gasteiger partial charge in [-0.25, -0.2) is 0 Å². The quantitative estimate of drug-likeness (QED) is 0.543. The van der Waals surface area contributed by atoms with Gasteiger partial charge in [-0.1, -0.05) is 26.8 Å². The minimum Gasteiger partial charge on any atom is -0.508 e. The number of nitrogens with zero attached hydrogens (tertiary/aromatic N) is 2. The van der Waals surface area contributed by atoms with E-state index in [0.717, 1.165) is 11.3 Å². The first-order valence-electron chi connectivity index (χ1n) is 11.2. The number of ether oxygens (including phenoxy) is 1. The lowest BCUT2D eigenvalue weighted by atomic mass is 9.85. The largest absolute Gasteiger partial charge is 0.508 e. The highest BCUT2D eigenvalue weighted by Crippen LogP contribution is 2.39. The Bertz CT molecular complexity index is 1290. The number of hydrogen-bond donors (Lipinski definition) is 1. The van der Waals surface area contributed by atoms with Crippen LogP contribution >= 0.6 is 0 Å². The summed E-state index contributed by atoms with van der Waals surface area (Å²) in [7, 11) is 3.86. The smallest absolute Gasteiger partial charge is 0.259 e. The summed E-state index contributed by atoms with van der Waals surface area (Å²) in [5, 5.41) is 10.2. The van der Waals surface area contributed by atoms with Crippen molar-refractivity contribution in [2.45, 2.75) is 33.1 Å². The van der Waals surface area contributed by atoms with Crippen LogP contribution in [-0.2, 0) is 5.41 Å². The van der Waals surface area contributed by atoms with Gasteiger partial charge in [-0.15, -0.1) is 0 Å². The van der Waals surface area contributed by atoms with E-state index in [0.29, 0.717) is 33.9 Å². The van der Waals surface area contributed by atoms with Crippen molar-refractivity contribution in [1.29, 1.82) is 0 Å². The summed E-state index contributed by atoms with van der Waals surface area (Å²) >= 11 is 0. The molecule has 176 valence electrons. The SMILES string of the molecule is Cc1cc(Oc2ccc3c(c2)C(=O)CN(c2cccc(N(C)C)c2)C3=O)c(C(C)(C)C)cc1O. The normalized spacial score (nSPS) is 13.6. The molecule has 0 aliphatic carbocycles. The lowest BCUT2D eigenvalue weighted by molar-refractivity contribution is 0.0910. The summed E-state index contributed by atoms with van der Waals surface area (Å²) in [6, 6.07) is 16.1. The maximum absolute atomic E-state index is 13.3. The average molecular weight is 459 g/mol. The van der Waals surface area contributed by atoms with E-state index in [9.17, 15) is 14.7 Å². The molecule has 6 nitrogen and oxygen atoms in total. The Hall–Kier alpha value is -3.80. The number of anilines is 2. The van der Waals surface area contributed by atoms with Gasteiger partial charge in [-0.05, 0) is 66.4 Å². The molecule has 1 aliphatic rings. The molecule has 1 N–H and O–H groups in total. The number of carbonyl (C=O) groups excluding carboxylic acids is 2. The lowest BCUT2D eigenvalue weighted by Crippen LogP contribution is -2.41. The second kappa shape index (κ2) is 8.52. The number of hydrogen-bond acceptors (Lipinski definition) is 5. The summed E-state index contributed by atoms with van der Waals surface area (Å²) in [5.41, 5.74) is 3.64. The minimum absolute atomic E-state index is 0.0300. The fraction of sp³-hybridized carbons (Fsp3) is 0.286. The van der Waals surface area contributed by atoms with Crippen LogP contribution in [-0.4, -0.2) is 37.4 Å². The van der Waals surface area contributed by atoms with Gasteiger partial charge in [0, 0.05) is 36.6 Å². The predicted octanol–water partition coefficient (Wildman–Crippen LogP) is 5.70. The van der Waals surface area contributed by atoms with Gasteiger partial charge >= 0.3 is 0 Å². The maximum atomic E-state index is 13.3. The molecule has 0 aromatic heterocycles. The van der Waals surface area contributed by atoms with Crippen LogP contribution in [0.1, 0.15) is 52.6 Å². The number of amides is 1. The molecule has 34 heavy (non-hydrogen) atoms. The molecule has 1 heterocycles. The highest BCUT2D eigenvalue weighted by molar-refractivity contribution is 6.21. The van der Waals surface area contributed by atoms with Crippen molar-refractivity contribution in [3.8, 4) is 17.2 Å². The van der Waals surface area contributed by atoms with E-state index in [2.05, 4.69) is 0 Å². The van der Waals surface area contributed by atoms with Gasteiger partial charge in [0.25, 0.3) is 5.91 Å². The Morgan fingerprint density at radius 3 is 2.38 bits per heavy atom. The molecule has 3 aromatic carbocycles. The number of rotatable bonds is 4. The van der Waals surface area contributed by atoms with Crippen molar-refractivity contribution in [3.63, 3.8) is 0 Å². The second-order valence-electron chi connectivity index (χ2n) is 9.92. The number of ketones is 1. The highest BCUT2D eigenvalue weighted by Gasteiger charge is 2.32.